The summed E-state index contributed by atoms with van der Waals surface area (Å²) in [6.45, 7) is 1.99. The van der Waals surface area contributed by atoms with Gasteiger partial charge in [-0.3, -0.25) is 4.79 Å². The number of benzene rings is 1. The Bertz CT molecular complexity index is 408. The minimum atomic E-state index is -0.697. The number of carbonyl (C=O) groups excluding carboxylic acids is 2. The van der Waals surface area contributed by atoms with E-state index in [1.807, 2.05) is 30.3 Å². The van der Waals surface area contributed by atoms with Crippen molar-refractivity contribution in [2.24, 2.45) is 0 Å². The highest BCUT2D eigenvalue weighted by Crippen LogP contribution is 2.11. The van der Waals surface area contributed by atoms with Gasteiger partial charge < -0.3 is 9.64 Å². The number of esters is 1. The van der Waals surface area contributed by atoms with Gasteiger partial charge in [-0.15, -0.1) is 0 Å². The second kappa shape index (κ2) is 8.53. The average Bonchev–Trinajstić information content (AvgIpc) is 2.36. The van der Waals surface area contributed by atoms with Crippen molar-refractivity contribution >= 4 is 22.9 Å². The maximum Gasteiger partial charge on any atom is 0.329 e. The van der Waals surface area contributed by atoms with E-state index in [9.17, 15) is 9.59 Å². The number of rotatable bonds is 5. The largest absolute Gasteiger partial charge is 0.464 e. The van der Waals surface area contributed by atoms with E-state index >= 15 is 0 Å². The molecule has 0 heterocycles. The quantitative estimate of drug-likeness (QED) is 0.474. The van der Waals surface area contributed by atoms with Crippen molar-refractivity contribution in [3.63, 3.8) is 0 Å². The fourth-order valence-electron chi connectivity index (χ4n) is 1.58. The molecule has 0 aromatic heterocycles. The molecule has 1 amide bonds. The van der Waals surface area contributed by atoms with Crippen molar-refractivity contribution in [2.45, 2.75) is 26.8 Å². The van der Waals surface area contributed by atoms with E-state index in [1.54, 1.807) is 6.92 Å². The van der Waals surface area contributed by atoms with Crippen molar-refractivity contribution in [3.05, 3.63) is 35.9 Å². The second-order valence-electron chi connectivity index (χ2n) is 3.82. The van der Waals surface area contributed by atoms with Gasteiger partial charge in [-0.2, -0.15) is 0 Å². The van der Waals surface area contributed by atoms with Crippen LogP contribution in [0.4, 0.5) is 4.79 Å². The molecule has 0 bridgehead atoms. The number of ether oxygens (including phenoxy) is 1. The molecule has 4 nitrogen and oxygen atoms in total. The predicted octanol–water partition coefficient (Wildman–Crippen LogP) is 3.09. The van der Waals surface area contributed by atoms with E-state index in [1.165, 1.54) is 11.9 Å². The highest BCUT2D eigenvalue weighted by atomic mass is 35.5. The summed E-state index contributed by atoms with van der Waals surface area (Å²) < 4.78 is 4.96. The highest BCUT2D eigenvalue weighted by Gasteiger charge is 2.27. The van der Waals surface area contributed by atoms with Gasteiger partial charge >= 0.3 is 11.3 Å². The lowest BCUT2D eigenvalue weighted by Crippen LogP contribution is -2.42. The fourth-order valence-corrected chi connectivity index (χ4v) is 1.69. The van der Waals surface area contributed by atoms with Crippen molar-refractivity contribution in [1.82, 2.24) is 4.90 Å². The number of likely N-dealkylation sites (N-methyl/N-ethyl adjacent to an activating group) is 1. The van der Waals surface area contributed by atoms with Crippen molar-refractivity contribution < 1.29 is 14.3 Å². The topological polar surface area (TPSA) is 46.6 Å². The van der Waals surface area contributed by atoms with Crippen LogP contribution in [0.2, 0.25) is 0 Å². The molecule has 1 aromatic rings. The Morgan fingerprint density at radius 3 is 2.37 bits per heavy atom. The van der Waals surface area contributed by atoms with Gasteiger partial charge in [-0.25, -0.2) is 4.79 Å². The maximum atomic E-state index is 11.8. The summed E-state index contributed by atoms with van der Waals surface area (Å²) in [4.78, 5) is 24.2. The molecule has 1 rings (SSSR count). The predicted molar refractivity (Wildman–Crippen MR) is 76.3 cm³/mol. The maximum absolute atomic E-state index is 11.8. The third kappa shape index (κ3) is 5.30. The molecule has 106 valence electrons. The molecule has 0 saturated carbocycles. The van der Waals surface area contributed by atoms with E-state index in [0.29, 0.717) is 6.42 Å². The van der Waals surface area contributed by atoms with Crippen LogP contribution in [-0.4, -0.2) is 35.9 Å². The molecular weight excluding hydrogens is 266 g/mol. The number of hydrogen-bond donors (Lipinski definition) is 0. The number of amides is 1. The van der Waals surface area contributed by atoms with Crippen molar-refractivity contribution in [3.8, 4) is 0 Å². The van der Waals surface area contributed by atoms with Crippen molar-refractivity contribution in [1.29, 1.82) is 0 Å². The third-order valence-corrected chi connectivity index (χ3v) is 2.84. The molecule has 1 aromatic carbocycles. The first-order valence-electron chi connectivity index (χ1n) is 5.69. The van der Waals surface area contributed by atoms with Crippen molar-refractivity contribution in [2.75, 3.05) is 13.7 Å². The zero-order valence-corrected chi connectivity index (χ0v) is 11.2. The Kier molecular flexibility index (Phi) is 7.84. The smallest absolute Gasteiger partial charge is 0.329 e. The Hall–Kier alpha value is -1.55. The van der Waals surface area contributed by atoms with E-state index in [4.69, 9.17) is 16.3 Å². The molecule has 1 atom stereocenters. The van der Waals surface area contributed by atoms with Gasteiger partial charge in [0.1, 0.15) is 6.04 Å². The van der Waals surface area contributed by atoms with Gasteiger partial charge in [0, 0.05) is 13.5 Å². The summed E-state index contributed by atoms with van der Waals surface area (Å²) >= 11 is 5.41. The Balaban J connectivity index is 0.00000324. The summed E-state index contributed by atoms with van der Waals surface area (Å²) in [6, 6.07) is 8.72. The lowest BCUT2D eigenvalue weighted by Gasteiger charge is -2.24. The summed E-state index contributed by atoms with van der Waals surface area (Å²) in [7, 11) is 1.49. The van der Waals surface area contributed by atoms with E-state index < -0.39 is 17.4 Å². The minimum absolute atomic E-state index is 0. The molecule has 0 saturated heterocycles. The molecule has 0 aliphatic rings. The van der Waals surface area contributed by atoms with Gasteiger partial charge in [0.25, 0.3) is 0 Å². The average molecular weight is 286 g/mol. The van der Waals surface area contributed by atoms with Gasteiger partial charge in [0.15, 0.2) is 0 Å². The standard InChI is InChI=1S/C13H16ClNO3.CH4/c1-3-18-12(16)11(15(2)13(14)17)9-10-7-5-4-6-8-10;/h4-8,11H,3,9H2,1-2H3;1H4/t11-;/m0./s1. The normalized spacial score (nSPS) is 11.1. The number of carbonyl (C=O) groups is 2. The molecule has 0 aliphatic carbocycles. The van der Waals surface area contributed by atoms with Gasteiger partial charge in [0.2, 0.25) is 0 Å². The first-order valence-corrected chi connectivity index (χ1v) is 6.07. The van der Waals surface area contributed by atoms with Gasteiger partial charge in [0.05, 0.1) is 6.61 Å². The van der Waals surface area contributed by atoms with Crippen LogP contribution in [0, 0.1) is 0 Å². The van der Waals surface area contributed by atoms with Crippen LogP contribution >= 0.6 is 11.6 Å². The van der Waals surface area contributed by atoms with Gasteiger partial charge in [-0.05, 0) is 24.1 Å². The third-order valence-electron chi connectivity index (χ3n) is 2.58. The van der Waals surface area contributed by atoms with E-state index in [0.717, 1.165) is 5.56 Å². The van der Waals surface area contributed by atoms with Crippen LogP contribution in [0.1, 0.15) is 19.9 Å². The molecule has 0 radical (unpaired) electrons. The van der Waals surface area contributed by atoms with Crippen LogP contribution in [0.25, 0.3) is 0 Å². The first-order chi connectivity index (χ1) is 8.56. The molecule has 19 heavy (non-hydrogen) atoms. The molecular formula is C14H20ClNO3. The molecule has 0 N–H and O–H groups in total. The van der Waals surface area contributed by atoms with E-state index in [-0.39, 0.29) is 14.0 Å². The Morgan fingerprint density at radius 2 is 1.89 bits per heavy atom. The van der Waals surface area contributed by atoms with Crippen LogP contribution in [-0.2, 0) is 16.0 Å². The Labute approximate surface area is 119 Å². The first kappa shape index (κ1) is 17.4. The lowest BCUT2D eigenvalue weighted by molar-refractivity contribution is -0.147. The minimum Gasteiger partial charge on any atom is -0.464 e. The summed E-state index contributed by atoms with van der Waals surface area (Å²) in [5.41, 5.74) is 0.945. The van der Waals surface area contributed by atoms with Crippen LogP contribution in [0.5, 0.6) is 0 Å². The van der Waals surface area contributed by atoms with Gasteiger partial charge in [-0.1, -0.05) is 37.8 Å². The summed E-state index contributed by atoms with van der Waals surface area (Å²) in [6.07, 6.45) is 0.384. The second-order valence-corrected chi connectivity index (χ2v) is 4.14. The summed E-state index contributed by atoms with van der Waals surface area (Å²) in [5, 5.41) is -0.677. The number of halogens is 1. The summed E-state index contributed by atoms with van der Waals surface area (Å²) in [5.74, 6) is -0.446. The zero-order chi connectivity index (χ0) is 13.5. The van der Waals surface area contributed by atoms with Crippen LogP contribution in [0.3, 0.4) is 0 Å². The molecule has 5 heteroatoms. The molecule has 0 spiro atoms. The monoisotopic (exact) mass is 285 g/mol. The number of nitrogens with zero attached hydrogens (tertiary/aromatic N) is 1. The molecule has 0 unspecified atom stereocenters. The lowest BCUT2D eigenvalue weighted by atomic mass is 10.1. The fraction of sp³-hybridized carbons (Fsp3) is 0.429. The molecule has 0 fully saturated rings. The zero-order valence-electron chi connectivity index (χ0n) is 10.4. The Morgan fingerprint density at radius 1 is 1.32 bits per heavy atom. The SMILES string of the molecule is C.CCOC(=O)[C@H](Cc1ccccc1)N(C)C(=O)Cl. The highest BCUT2D eigenvalue weighted by molar-refractivity contribution is 6.62. The molecule has 0 aliphatic heterocycles. The number of hydrogen-bond acceptors (Lipinski definition) is 3. The van der Waals surface area contributed by atoms with E-state index in [2.05, 4.69) is 0 Å². The van der Waals surface area contributed by atoms with Crippen LogP contribution < -0.4 is 0 Å². The van der Waals surface area contributed by atoms with Crippen LogP contribution in [0.15, 0.2) is 30.3 Å².